The lowest BCUT2D eigenvalue weighted by molar-refractivity contribution is -0.139. The molecular weight excluding hydrogens is 698 g/mol. The molecule has 0 aromatic rings. The fraction of sp³-hybridized carbons (Fsp3) is 0.733. The van der Waals surface area contributed by atoms with Gasteiger partial charge in [0.05, 0.1) is 13.2 Å². The van der Waals surface area contributed by atoms with Crippen molar-refractivity contribution in [1.29, 1.82) is 0 Å². The van der Waals surface area contributed by atoms with Gasteiger partial charge in [0.1, 0.15) is 0 Å². The SMILES string of the molecule is C=C(C)C(=O)O.C=C(CCNO)C(=O)OCCCCCCCCCCCCCCCCCC.C=CC(=O)O.C=CC(=O)OCCCCCCCCCCCC. The Hall–Kier alpha value is -3.24. The average molecular weight is 782 g/mol. The van der Waals surface area contributed by atoms with Gasteiger partial charge in [0, 0.05) is 29.8 Å². The van der Waals surface area contributed by atoms with Crippen molar-refractivity contribution in [3.8, 4) is 0 Å². The summed E-state index contributed by atoms with van der Waals surface area (Å²) in [5.41, 5.74) is 2.60. The van der Waals surface area contributed by atoms with Gasteiger partial charge in [-0.15, -0.1) is 0 Å². The number of esters is 2. The highest BCUT2D eigenvalue weighted by Crippen LogP contribution is 2.14. The fourth-order valence-electron chi connectivity index (χ4n) is 5.05. The highest BCUT2D eigenvalue weighted by Gasteiger charge is 2.07. The third-order valence-electron chi connectivity index (χ3n) is 8.51. The molecule has 0 atom stereocenters. The van der Waals surface area contributed by atoms with E-state index in [1.165, 1.54) is 161 Å². The summed E-state index contributed by atoms with van der Waals surface area (Å²) in [5, 5.41) is 24.0. The summed E-state index contributed by atoms with van der Waals surface area (Å²) in [7, 11) is 0. The zero-order chi connectivity index (χ0) is 42.2. The maximum absolute atomic E-state index is 11.6. The molecule has 0 rings (SSSR count). The number of carboxylic acids is 2. The molecule has 0 bridgehead atoms. The topological polar surface area (TPSA) is 159 Å². The number of carbonyl (C=O) groups is 4. The van der Waals surface area contributed by atoms with Crippen LogP contribution in [0, 0.1) is 0 Å². The summed E-state index contributed by atoms with van der Waals surface area (Å²) in [6.07, 6.45) is 36.8. The summed E-state index contributed by atoms with van der Waals surface area (Å²) < 4.78 is 10.1. The van der Waals surface area contributed by atoms with E-state index in [1.54, 1.807) is 0 Å². The lowest BCUT2D eigenvalue weighted by Gasteiger charge is -2.07. The second-order valence-corrected chi connectivity index (χ2v) is 13.9. The molecule has 0 saturated carbocycles. The van der Waals surface area contributed by atoms with E-state index >= 15 is 0 Å². The van der Waals surface area contributed by atoms with E-state index in [0.717, 1.165) is 25.3 Å². The summed E-state index contributed by atoms with van der Waals surface area (Å²) in [6.45, 7) is 20.4. The van der Waals surface area contributed by atoms with E-state index in [4.69, 9.17) is 24.9 Å². The van der Waals surface area contributed by atoms with Gasteiger partial charge in [-0.2, -0.15) is 0 Å². The van der Waals surface area contributed by atoms with Crippen molar-refractivity contribution >= 4 is 23.9 Å². The number of hydrogen-bond acceptors (Lipinski definition) is 8. The van der Waals surface area contributed by atoms with Gasteiger partial charge < -0.3 is 24.9 Å². The maximum Gasteiger partial charge on any atom is 0.333 e. The van der Waals surface area contributed by atoms with Crippen LogP contribution in [0.5, 0.6) is 0 Å². The van der Waals surface area contributed by atoms with Crippen LogP contribution in [0.25, 0.3) is 0 Å². The van der Waals surface area contributed by atoms with E-state index in [1.807, 2.05) is 5.48 Å². The van der Waals surface area contributed by atoms with Crippen LogP contribution in [0.15, 0.2) is 49.6 Å². The normalized spacial score (nSPS) is 9.89. The zero-order valence-corrected chi connectivity index (χ0v) is 35.5. The van der Waals surface area contributed by atoms with E-state index in [-0.39, 0.29) is 17.5 Å². The third-order valence-corrected chi connectivity index (χ3v) is 8.51. The predicted octanol–water partition coefficient (Wildman–Crippen LogP) is 12.3. The number of carbonyl (C=O) groups excluding carboxylic acids is 2. The van der Waals surface area contributed by atoms with Gasteiger partial charge in [-0.05, 0) is 26.2 Å². The highest BCUT2D eigenvalue weighted by molar-refractivity contribution is 5.87. The van der Waals surface area contributed by atoms with Crippen LogP contribution in [-0.4, -0.2) is 59.1 Å². The molecule has 0 saturated heterocycles. The number of hydroxylamine groups is 1. The molecule has 0 aromatic carbocycles. The van der Waals surface area contributed by atoms with Crippen molar-refractivity contribution < 1.29 is 44.1 Å². The quantitative estimate of drug-likeness (QED) is 0.0211. The van der Waals surface area contributed by atoms with E-state index in [0.29, 0.717) is 31.8 Å². The van der Waals surface area contributed by atoms with Gasteiger partial charge in [0.25, 0.3) is 0 Å². The van der Waals surface area contributed by atoms with Gasteiger partial charge in [-0.3, -0.25) is 0 Å². The minimum Gasteiger partial charge on any atom is -0.478 e. The van der Waals surface area contributed by atoms with E-state index in [9.17, 15) is 19.2 Å². The van der Waals surface area contributed by atoms with Crippen molar-refractivity contribution in [3.63, 3.8) is 0 Å². The van der Waals surface area contributed by atoms with Gasteiger partial charge in [-0.1, -0.05) is 194 Å². The standard InChI is InChI=1S/C23H45NO3.C15H28O2.C4H6O2.C3H4O2/c1-3-4-5-6-7-8-9-10-11-12-13-14-15-16-17-18-21-27-23(25)22(2)19-20-24-26;1-3-5-6-7-8-9-10-11-12-13-14-17-15(16)4-2;1-3(2)4(5)6;1-2-3(4)5/h24,26H,2-21H2,1H3;4H,2-3,5-14H2,1H3;1H2,2H3,(H,5,6);2H,1H2,(H,4,5). The molecule has 0 radical (unpaired) electrons. The molecule has 0 heterocycles. The molecule has 0 aliphatic heterocycles. The molecule has 0 spiro atoms. The minimum atomic E-state index is -0.981. The average Bonchev–Trinajstić information content (AvgIpc) is 3.17. The Labute approximate surface area is 336 Å². The van der Waals surface area contributed by atoms with E-state index in [2.05, 4.69) is 40.2 Å². The summed E-state index contributed by atoms with van der Waals surface area (Å²) in [5.74, 6) is -2.56. The summed E-state index contributed by atoms with van der Waals surface area (Å²) in [4.78, 5) is 41.2. The number of rotatable bonds is 35. The molecule has 0 amide bonds. The molecule has 0 fully saturated rings. The van der Waals surface area contributed by atoms with Crippen LogP contribution in [0.1, 0.15) is 194 Å². The number of unbranched alkanes of at least 4 members (excludes halogenated alkanes) is 24. The Morgan fingerprint density at radius 2 is 0.836 bits per heavy atom. The Bertz CT molecular complexity index is 937. The number of ether oxygens (including phenoxy) is 2. The first-order valence-electron chi connectivity index (χ1n) is 21.2. The second-order valence-electron chi connectivity index (χ2n) is 13.9. The van der Waals surface area contributed by atoms with Gasteiger partial charge in [0.15, 0.2) is 0 Å². The van der Waals surface area contributed by atoms with Crippen LogP contribution in [0.4, 0.5) is 0 Å². The van der Waals surface area contributed by atoms with Gasteiger partial charge >= 0.3 is 23.9 Å². The Morgan fingerprint density at radius 1 is 0.545 bits per heavy atom. The lowest BCUT2D eigenvalue weighted by Crippen LogP contribution is -2.14. The predicted molar refractivity (Wildman–Crippen MR) is 227 cm³/mol. The molecule has 0 aromatic heterocycles. The molecular formula is C45H83NO9. The Balaban J connectivity index is -0.000000391. The molecule has 0 aliphatic carbocycles. The summed E-state index contributed by atoms with van der Waals surface area (Å²) in [6, 6.07) is 0. The molecule has 10 nitrogen and oxygen atoms in total. The van der Waals surface area contributed by atoms with Crippen molar-refractivity contribution in [1.82, 2.24) is 5.48 Å². The minimum absolute atomic E-state index is 0.176. The Morgan fingerprint density at radius 3 is 1.09 bits per heavy atom. The highest BCUT2D eigenvalue weighted by atomic mass is 16.5. The smallest absolute Gasteiger partial charge is 0.333 e. The number of aliphatic carboxylic acids is 2. The number of hydrogen-bond donors (Lipinski definition) is 4. The molecule has 0 aliphatic rings. The molecule has 0 unspecified atom stereocenters. The van der Waals surface area contributed by atoms with Crippen LogP contribution in [0.2, 0.25) is 0 Å². The molecule has 4 N–H and O–H groups in total. The third kappa shape index (κ3) is 60.2. The maximum atomic E-state index is 11.6. The van der Waals surface area contributed by atoms with Crippen molar-refractivity contribution in [3.05, 3.63) is 49.6 Å². The monoisotopic (exact) mass is 782 g/mol. The molecule has 10 heteroatoms. The molecule has 55 heavy (non-hydrogen) atoms. The Kier molecular flexibility index (Phi) is 54.0. The van der Waals surface area contributed by atoms with Crippen LogP contribution in [0.3, 0.4) is 0 Å². The van der Waals surface area contributed by atoms with Crippen LogP contribution < -0.4 is 5.48 Å². The first kappa shape index (κ1) is 58.5. The zero-order valence-electron chi connectivity index (χ0n) is 35.5. The van der Waals surface area contributed by atoms with Crippen molar-refractivity contribution in [2.45, 2.75) is 194 Å². The van der Waals surface area contributed by atoms with Crippen LogP contribution >= 0.6 is 0 Å². The van der Waals surface area contributed by atoms with E-state index < -0.39 is 11.9 Å². The molecule has 322 valence electrons. The summed E-state index contributed by atoms with van der Waals surface area (Å²) >= 11 is 0. The first-order valence-corrected chi connectivity index (χ1v) is 21.2. The van der Waals surface area contributed by atoms with Crippen molar-refractivity contribution in [2.24, 2.45) is 0 Å². The van der Waals surface area contributed by atoms with Crippen LogP contribution in [-0.2, 0) is 28.7 Å². The van der Waals surface area contributed by atoms with Crippen molar-refractivity contribution in [2.75, 3.05) is 19.8 Å². The van der Waals surface area contributed by atoms with Gasteiger partial charge in [-0.25, -0.2) is 24.7 Å². The van der Waals surface area contributed by atoms with Gasteiger partial charge in [0.2, 0.25) is 0 Å². The second kappa shape index (κ2) is 50.8. The largest absolute Gasteiger partial charge is 0.478 e. The number of carboxylic acid groups (broad SMARTS) is 2. The number of nitrogens with one attached hydrogen (secondary N) is 1. The fourth-order valence-corrected chi connectivity index (χ4v) is 5.05. The first-order chi connectivity index (χ1) is 26.4. The lowest BCUT2D eigenvalue weighted by atomic mass is 10.0.